The third-order valence-corrected chi connectivity index (χ3v) is 10.5. The zero-order valence-electron chi connectivity index (χ0n) is 23.1. The molecule has 5 heterocycles. The number of ether oxygens (including phenoxy) is 1. The number of hydrogen-bond acceptors (Lipinski definition) is 8. The average Bonchev–Trinajstić information content (AvgIpc) is 3.57. The Kier molecular flexibility index (Phi) is 8.16. The molecule has 4 aliphatic heterocycles. The second kappa shape index (κ2) is 12.0. The minimum Gasteiger partial charge on any atom is -0.465 e. The standard InChI is InChI=1S/C30H37N5O5S/c36-18-9-3-2-8-17-34-26-28(38)33(20-35-22-13-7-6-12-21(22)31-32-35)16-11-15-30(26)25(27(34)37)24-23(41-30)14-5-1-4-10-19-40-29(24)39/h5-7,11-15,23-26,36H,1-4,8-10,16-20H2/b14-5-/t23-,24+,25-,26?,30-/m0/s1. The summed E-state index contributed by atoms with van der Waals surface area (Å²) in [6.07, 6.45) is 13.9. The monoisotopic (exact) mass is 579 g/mol. The van der Waals surface area contributed by atoms with Crippen LogP contribution < -0.4 is 0 Å². The maximum atomic E-state index is 14.5. The van der Waals surface area contributed by atoms with Crippen molar-refractivity contribution in [2.75, 3.05) is 26.3 Å². The van der Waals surface area contributed by atoms with Crippen molar-refractivity contribution in [1.82, 2.24) is 24.8 Å². The molecule has 2 amide bonds. The highest BCUT2D eigenvalue weighted by molar-refractivity contribution is 8.02. The molecule has 1 aromatic heterocycles. The number of nitrogens with zero attached hydrogens (tertiary/aromatic N) is 5. The lowest BCUT2D eigenvalue weighted by Gasteiger charge is -2.35. The first kappa shape index (κ1) is 28.0. The van der Waals surface area contributed by atoms with E-state index in [9.17, 15) is 19.5 Å². The quantitative estimate of drug-likeness (QED) is 0.288. The van der Waals surface area contributed by atoms with Crippen molar-refractivity contribution < 1.29 is 24.2 Å². The summed E-state index contributed by atoms with van der Waals surface area (Å²) in [6, 6.07) is 6.89. The summed E-state index contributed by atoms with van der Waals surface area (Å²) in [5, 5.41) is 17.5. The Morgan fingerprint density at radius 1 is 1.05 bits per heavy atom. The van der Waals surface area contributed by atoms with E-state index in [2.05, 4.69) is 22.5 Å². The van der Waals surface area contributed by atoms with Gasteiger partial charge >= 0.3 is 5.97 Å². The van der Waals surface area contributed by atoms with Crippen LogP contribution in [0.1, 0.15) is 44.9 Å². The Morgan fingerprint density at radius 2 is 1.90 bits per heavy atom. The van der Waals surface area contributed by atoms with Gasteiger partial charge in [0.15, 0.2) is 0 Å². The predicted octanol–water partition coefficient (Wildman–Crippen LogP) is 2.92. The van der Waals surface area contributed by atoms with Crippen molar-refractivity contribution in [3.63, 3.8) is 0 Å². The number of hydrogen-bond donors (Lipinski definition) is 1. The second-order valence-electron chi connectivity index (χ2n) is 11.3. The zero-order chi connectivity index (χ0) is 28.4. The van der Waals surface area contributed by atoms with Gasteiger partial charge in [0.25, 0.3) is 0 Å². The number of allylic oxidation sites excluding steroid dienone is 1. The Balaban J connectivity index is 1.35. The molecule has 218 valence electrons. The normalized spacial score (nSPS) is 30.6. The number of aliphatic hydroxyl groups is 1. The molecule has 4 aliphatic rings. The van der Waals surface area contributed by atoms with Crippen LogP contribution in [0.5, 0.6) is 0 Å². The number of fused-ring (bicyclic) bond motifs is 3. The van der Waals surface area contributed by atoms with E-state index in [4.69, 9.17) is 4.74 Å². The Morgan fingerprint density at radius 3 is 2.78 bits per heavy atom. The van der Waals surface area contributed by atoms with Crippen molar-refractivity contribution in [3.05, 3.63) is 48.6 Å². The van der Waals surface area contributed by atoms with Crippen molar-refractivity contribution in [3.8, 4) is 0 Å². The van der Waals surface area contributed by atoms with Gasteiger partial charge < -0.3 is 19.6 Å². The fraction of sp³-hybridized carbons (Fsp3) is 0.567. The van der Waals surface area contributed by atoms with Gasteiger partial charge in [-0.2, -0.15) is 0 Å². The molecule has 41 heavy (non-hydrogen) atoms. The minimum atomic E-state index is -0.870. The number of aliphatic hydroxyl groups excluding tert-OH is 1. The number of cyclic esters (lactones) is 1. The molecule has 2 fully saturated rings. The summed E-state index contributed by atoms with van der Waals surface area (Å²) >= 11 is 1.57. The van der Waals surface area contributed by atoms with Crippen molar-refractivity contribution >= 4 is 40.6 Å². The second-order valence-corrected chi connectivity index (χ2v) is 12.8. The van der Waals surface area contributed by atoms with Crippen LogP contribution in [0, 0.1) is 11.8 Å². The van der Waals surface area contributed by atoms with E-state index >= 15 is 0 Å². The molecule has 1 aromatic carbocycles. The molecule has 0 radical (unpaired) electrons. The molecule has 1 spiro atoms. The van der Waals surface area contributed by atoms with Crippen molar-refractivity contribution in [2.24, 2.45) is 11.8 Å². The molecule has 0 saturated carbocycles. The molecular formula is C30H37N5O5S. The topological polar surface area (TPSA) is 118 Å². The molecular weight excluding hydrogens is 542 g/mol. The number of unbranched alkanes of at least 4 members (excludes halogenated alkanes) is 3. The fourth-order valence-corrected chi connectivity index (χ4v) is 8.76. The van der Waals surface area contributed by atoms with Gasteiger partial charge in [0, 0.05) is 24.9 Å². The number of benzene rings is 1. The van der Waals surface area contributed by atoms with Gasteiger partial charge in [0.05, 0.1) is 28.7 Å². The fourth-order valence-electron chi connectivity index (χ4n) is 6.76. The van der Waals surface area contributed by atoms with E-state index in [1.807, 2.05) is 36.4 Å². The van der Waals surface area contributed by atoms with Gasteiger partial charge in [-0.05, 0) is 44.2 Å². The minimum absolute atomic E-state index is 0.140. The van der Waals surface area contributed by atoms with E-state index in [1.54, 1.807) is 26.2 Å². The summed E-state index contributed by atoms with van der Waals surface area (Å²) in [6.45, 7) is 1.49. The molecule has 1 unspecified atom stereocenters. The van der Waals surface area contributed by atoms with E-state index in [0.29, 0.717) is 26.1 Å². The van der Waals surface area contributed by atoms with E-state index in [0.717, 1.165) is 49.6 Å². The highest BCUT2D eigenvalue weighted by Gasteiger charge is 2.70. The number of rotatable bonds is 8. The first-order valence-corrected chi connectivity index (χ1v) is 15.6. The van der Waals surface area contributed by atoms with Gasteiger partial charge in [-0.3, -0.25) is 14.4 Å². The number of amides is 2. The van der Waals surface area contributed by atoms with E-state index in [1.165, 1.54) is 0 Å². The van der Waals surface area contributed by atoms with Crippen LogP contribution in [0.25, 0.3) is 11.0 Å². The van der Waals surface area contributed by atoms with Gasteiger partial charge in [-0.25, -0.2) is 4.68 Å². The lowest BCUT2D eigenvalue weighted by molar-refractivity contribution is -0.153. The lowest BCUT2D eigenvalue weighted by atomic mass is 9.78. The molecule has 10 nitrogen and oxygen atoms in total. The first-order chi connectivity index (χ1) is 20.0. The van der Waals surface area contributed by atoms with Crippen LogP contribution >= 0.6 is 11.8 Å². The van der Waals surface area contributed by atoms with Crippen LogP contribution in [-0.2, 0) is 25.8 Å². The Labute approximate surface area is 243 Å². The smallest absolute Gasteiger partial charge is 0.311 e. The molecule has 6 rings (SSSR count). The van der Waals surface area contributed by atoms with Gasteiger partial charge in [0.1, 0.15) is 18.2 Å². The van der Waals surface area contributed by atoms with Crippen LogP contribution in [0.4, 0.5) is 0 Å². The predicted molar refractivity (Wildman–Crippen MR) is 154 cm³/mol. The molecule has 2 aromatic rings. The number of likely N-dealkylation sites (tertiary alicyclic amines) is 1. The summed E-state index contributed by atoms with van der Waals surface area (Å²) in [7, 11) is 0. The number of aromatic nitrogens is 3. The van der Waals surface area contributed by atoms with E-state index < -0.39 is 22.6 Å². The van der Waals surface area contributed by atoms with Gasteiger partial charge in [-0.15, -0.1) is 16.9 Å². The lowest BCUT2D eigenvalue weighted by Crippen LogP contribution is -2.53. The SMILES string of the molecule is O=C1OCCCC/C=C\[C@@H]2S[C@]34C=CCN(Cn5nnc6ccccc65)C(=O)C3N(CCCCCCO)C(=O)[C@@H]4[C@H]12. The maximum absolute atomic E-state index is 14.5. The summed E-state index contributed by atoms with van der Waals surface area (Å²) in [4.78, 5) is 45.7. The Hall–Kier alpha value is -3.18. The maximum Gasteiger partial charge on any atom is 0.311 e. The molecule has 1 N–H and O–H groups in total. The summed E-state index contributed by atoms with van der Waals surface area (Å²) in [5.74, 6) is -1.96. The largest absolute Gasteiger partial charge is 0.465 e. The van der Waals surface area contributed by atoms with Gasteiger partial charge in [-0.1, -0.05) is 54.5 Å². The van der Waals surface area contributed by atoms with Crippen LogP contribution in [0.2, 0.25) is 0 Å². The summed E-state index contributed by atoms with van der Waals surface area (Å²) in [5.41, 5.74) is 1.58. The number of carbonyl (C=O) groups excluding carboxylic acids is 3. The number of thioether (sulfide) groups is 1. The molecule has 0 bridgehead atoms. The van der Waals surface area contributed by atoms with Crippen molar-refractivity contribution in [2.45, 2.75) is 67.7 Å². The third-order valence-electron chi connectivity index (χ3n) is 8.72. The Bertz CT molecular complexity index is 1360. The number of para-hydroxylation sites is 1. The molecule has 11 heteroatoms. The number of esters is 1. The highest BCUT2D eigenvalue weighted by Crippen LogP contribution is 2.60. The average molecular weight is 580 g/mol. The van der Waals surface area contributed by atoms with Crippen LogP contribution in [0.3, 0.4) is 0 Å². The van der Waals surface area contributed by atoms with Gasteiger partial charge in [0.2, 0.25) is 11.8 Å². The zero-order valence-corrected chi connectivity index (χ0v) is 24.0. The highest BCUT2D eigenvalue weighted by atomic mass is 32.2. The first-order valence-electron chi connectivity index (χ1n) is 14.7. The van der Waals surface area contributed by atoms with Crippen LogP contribution in [-0.4, -0.2) is 90.0 Å². The number of carbonyl (C=O) groups is 3. The third kappa shape index (κ3) is 5.07. The molecule has 2 saturated heterocycles. The van der Waals surface area contributed by atoms with Crippen LogP contribution in [0.15, 0.2) is 48.6 Å². The molecule has 5 atom stereocenters. The molecule has 0 aliphatic carbocycles. The van der Waals surface area contributed by atoms with Crippen molar-refractivity contribution in [1.29, 1.82) is 0 Å². The summed E-state index contributed by atoms with van der Waals surface area (Å²) < 4.78 is 6.55. The van der Waals surface area contributed by atoms with E-state index in [-0.39, 0.29) is 36.3 Å².